The molecule has 2 fully saturated rings. The Kier molecular flexibility index (Phi) is 6.10. The Balaban J connectivity index is 1.61. The molecule has 1 amide bonds. The lowest BCUT2D eigenvalue weighted by Gasteiger charge is -2.43. The lowest BCUT2D eigenvalue weighted by atomic mass is 9.95. The predicted octanol–water partition coefficient (Wildman–Crippen LogP) is 2.31. The maximum absolute atomic E-state index is 13.0. The molecule has 1 atom stereocenters. The Morgan fingerprint density at radius 3 is 2.65 bits per heavy atom. The highest BCUT2D eigenvalue weighted by atomic mass is 32.2. The SMILES string of the molecule is CC(C)(Oc1ccc(F)cc1)C(=O)NCC1(N2CCOCC2)CCSC1. The quantitative estimate of drug-likeness (QED) is 0.818. The van der Waals surface area contributed by atoms with Gasteiger partial charge < -0.3 is 14.8 Å². The van der Waals surface area contributed by atoms with Crippen LogP contribution in [0, 0.1) is 5.82 Å². The van der Waals surface area contributed by atoms with Crippen molar-refractivity contribution in [1.29, 1.82) is 0 Å². The lowest BCUT2D eigenvalue weighted by Crippen LogP contribution is -2.60. The van der Waals surface area contributed by atoms with E-state index in [2.05, 4.69) is 10.2 Å². The van der Waals surface area contributed by atoms with Gasteiger partial charge in [-0.3, -0.25) is 9.69 Å². The number of benzene rings is 1. The fraction of sp³-hybridized carbons (Fsp3) is 0.632. The molecule has 2 aliphatic rings. The molecule has 1 aromatic carbocycles. The Labute approximate surface area is 158 Å². The number of carbonyl (C=O) groups is 1. The van der Waals surface area contributed by atoms with Crippen LogP contribution in [0.4, 0.5) is 4.39 Å². The molecule has 0 aliphatic carbocycles. The van der Waals surface area contributed by atoms with Crippen LogP contribution in [0.3, 0.4) is 0 Å². The van der Waals surface area contributed by atoms with E-state index in [0.29, 0.717) is 12.3 Å². The highest BCUT2D eigenvalue weighted by Crippen LogP contribution is 2.33. The molecule has 0 aromatic heterocycles. The molecular formula is C19H27FN2O3S. The van der Waals surface area contributed by atoms with E-state index in [0.717, 1.165) is 44.2 Å². The maximum Gasteiger partial charge on any atom is 0.263 e. The first-order valence-corrected chi connectivity index (χ1v) is 10.2. The van der Waals surface area contributed by atoms with Crippen molar-refractivity contribution in [2.24, 2.45) is 0 Å². The molecule has 7 heteroatoms. The van der Waals surface area contributed by atoms with E-state index < -0.39 is 5.60 Å². The maximum atomic E-state index is 13.0. The summed E-state index contributed by atoms with van der Waals surface area (Å²) in [6.07, 6.45) is 1.07. The molecule has 26 heavy (non-hydrogen) atoms. The largest absolute Gasteiger partial charge is 0.478 e. The highest BCUT2D eigenvalue weighted by molar-refractivity contribution is 7.99. The highest BCUT2D eigenvalue weighted by Gasteiger charge is 2.42. The Morgan fingerprint density at radius 2 is 2.04 bits per heavy atom. The van der Waals surface area contributed by atoms with Crippen molar-refractivity contribution in [3.63, 3.8) is 0 Å². The average molecular weight is 383 g/mol. The third-order valence-electron chi connectivity index (χ3n) is 5.08. The topological polar surface area (TPSA) is 50.8 Å². The van der Waals surface area contributed by atoms with Crippen LogP contribution >= 0.6 is 11.8 Å². The molecule has 5 nitrogen and oxygen atoms in total. The molecule has 0 spiro atoms. The molecule has 0 radical (unpaired) electrons. The number of rotatable bonds is 6. The normalized spacial score (nSPS) is 24.4. The van der Waals surface area contributed by atoms with E-state index in [1.807, 2.05) is 11.8 Å². The summed E-state index contributed by atoms with van der Waals surface area (Å²) < 4.78 is 24.3. The number of amides is 1. The van der Waals surface area contributed by atoms with Crippen molar-refractivity contribution in [1.82, 2.24) is 10.2 Å². The van der Waals surface area contributed by atoms with E-state index in [9.17, 15) is 9.18 Å². The van der Waals surface area contributed by atoms with Gasteiger partial charge in [0.25, 0.3) is 5.91 Å². The zero-order valence-electron chi connectivity index (χ0n) is 15.4. The zero-order chi connectivity index (χ0) is 18.6. The summed E-state index contributed by atoms with van der Waals surface area (Å²) in [4.78, 5) is 15.2. The van der Waals surface area contributed by atoms with E-state index in [1.165, 1.54) is 24.3 Å². The standard InChI is InChI=1S/C19H27FN2O3S/c1-18(2,25-16-5-3-15(20)4-6-16)17(23)21-13-19(7-12-26-14-19)22-8-10-24-11-9-22/h3-6H,7-14H2,1-2H3,(H,21,23). The summed E-state index contributed by atoms with van der Waals surface area (Å²) in [5, 5.41) is 3.10. The van der Waals surface area contributed by atoms with E-state index >= 15 is 0 Å². The molecule has 2 heterocycles. The summed E-state index contributed by atoms with van der Waals surface area (Å²) in [5.74, 6) is 2.12. The molecule has 2 aliphatic heterocycles. The number of hydrogen-bond acceptors (Lipinski definition) is 5. The average Bonchev–Trinajstić information content (AvgIpc) is 3.12. The first-order chi connectivity index (χ1) is 12.4. The molecule has 0 saturated carbocycles. The predicted molar refractivity (Wildman–Crippen MR) is 101 cm³/mol. The second kappa shape index (κ2) is 8.15. The van der Waals surface area contributed by atoms with Gasteiger partial charge in [-0.05, 0) is 50.3 Å². The third-order valence-corrected chi connectivity index (χ3v) is 6.31. The molecule has 2 saturated heterocycles. The number of halogens is 1. The molecule has 3 rings (SSSR count). The first-order valence-electron chi connectivity index (χ1n) is 9.05. The number of morpholine rings is 1. The second-order valence-electron chi connectivity index (χ2n) is 7.38. The van der Waals surface area contributed by atoms with Gasteiger partial charge in [-0.15, -0.1) is 0 Å². The summed E-state index contributed by atoms with van der Waals surface area (Å²) in [6, 6.07) is 5.72. The van der Waals surface area contributed by atoms with Crippen molar-refractivity contribution in [2.45, 2.75) is 31.4 Å². The van der Waals surface area contributed by atoms with Crippen LogP contribution in [0.5, 0.6) is 5.75 Å². The summed E-state index contributed by atoms with van der Waals surface area (Å²) in [7, 11) is 0. The van der Waals surface area contributed by atoms with Crippen molar-refractivity contribution in [3.8, 4) is 5.75 Å². The van der Waals surface area contributed by atoms with Crippen LogP contribution in [-0.2, 0) is 9.53 Å². The summed E-state index contributed by atoms with van der Waals surface area (Å²) in [6.45, 7) is 7.39. The number of thioether (sulfide) groups is 1. The Bertz CT molecular complexity index is 612. The zero-order valence-corrected chi connectivity index (χ0v) is 16.2. The van der Waals surface area contributed by atoms with Crippen molar-refractivity contribution < 1.29 is 18.7 Å². The van der Waals surface area contributed by atoms with Gasteiger partial charge in [0.1, 0.15) is 11.6 Å². The Morgan fingerprint density at radius 1 is 1.35 bits per heavy atom. The first kappa shape index (κ1) is 19.5. The van der Waals surface area contributed by atoms with Gasteiger partial charge in [0.15, 0.2) is 5.60 Å². The van der Waals surface area contributed by atoms with Gasteiger partial charge in [-0.1, -0.05) is 0 Å². The van der Waals surface area contributed by atoms with E-state index in [1.54, 1.807) is 13.8 Å². The van der Waals surface area contributed by atoms with E-state index in [4.69, 9.17) is 9.47 Å². The van der Waals surface area contributed by atoms with Gasteiger partial charge in [0.05, 0.1) is 13.2 Å². The lowest BCUT2D eigenvalue weighted by molar-refractivity contribution is -0.135. The number of ether oxygens (including phenoxy) is 2. The van der Waals surface area contributed by atoms with E-state index in [-0.39, 0.29) is 17.3 Å². The number of nitrogens with one attached hydrogen (secondary N) is 1. The smallest absolute Gasteiger partial charge is 0.263 e. The van der Waals surface area contributed by atoms with Crippen LogP contribution in [0.2, 0.25) is 0 Å². The van der Waals surface area contributed by atoms with Crippen LogP contribution in [-0.4, -0.2) is 66.3 Å². The van der Waals surface area contributed by atoms with Gasteiger partial charge >= 0.3 is 0 Å². The fourth-order valence-electron chi connectivity index (χ4n) is 3.44. The van der Waals surface area contributed by atoms with Crippen LogP contribution in [0.15, 0.2) is 24.3 Å². The molecule has 1 unspecified atom stereocenters. The Hall–Kier alpha value is -1.31. The minimum atomic E-state index is -1.03. The molecule has 144 valence electrons. The second-order valence-corrected chi connectivity index (χ2v) is 8.48. The summed E-state index contributed by atoms with van der Waals surface area (Å²) >= 11 is 1.94. The monoisotopic (exact) mass is 382 g/mol. The molecular weight excluding hydrogens is 355 g/mol. The van der Waals surface area contributed by atoms with Gasteiger partial charge in [-0.25, -0.2) is 4.39 Å². The summed E-state index contributed by atoms with van der Waals surface area (Å²) in [5.41, 5.74) is -1.04. The number of carbonyl (C=O) groups excluding carboxylic acids is 1. The van der Waals surface area contributed by atoms with Crippen LogP contribution in [0.1, 0.15) is 20.3 Å². The van der Waals surface area contributed by atoms with Crippen molar-refractivity contribution in [2.75, 3.05) is 44.4 Å². The number of nitrogens with zero attached hydrogens (tertiary/aromatic N) is 1. The molecule has 1 aromatic rings. The van der Waals surface area contributed by atoms with Crippen molar-refractivity contribution in [3.05, 3.63) is 30.1 Å². The fourth-order valence-corrected chi connectivity index (χ4v) is 4.91. The van der Waals surface area contributed by atoms with Crippen LogP contribution < -0.4 is 10.1 Å². The minimum absolute atomic E-state index is 0.00391. The van der Waals surface area contributed by atoms with Crippen LogP contribution in [0.25, 0.3) is 0 Å². The number of hydrogen-bond donors (Lipinski definition) is 1. The van der Waals surface area contributed by atoms with Gasteiger partial charge in [0.2, 0.25) is 0 Å². The van der Waals surface area contributed by atoms with Crippen molar-refractivity contribution >= 4 is 17.7 Å². The molecule has 1 N–H and O–H groups in total. The minimum Gasteiger partial charge on any atom is -0.478 e. The third kappa shape index (κ3) is 4.50. The molecule has 0 bridgehead atoms. The van der Waals surface area contributed by atoms with Gasteiger partial charge in [-0.2, -0.15) is 11.8 Å². The van der Waals surface area contributed by atoms with Gasteiger partial charge in [0, 0.05) is 30.9 Å².